The van der Waals surface area contributed by atoms with Gasteiger partial charge in [0.05, 0.1) is 0 Å². The van der Waals surface area contributed by atoms with E-state index in [9.17, 15) is 0 Å². The maximum Gasteiger partial charge on any atom is 0.200 e. The molecule has 0 amide bonds. The summed E-state index contributed by atoms with van der Waals surface area (Å²) in [6, 6.07) is 3.93. The summed E-state index contributed by atoms with van der Waals surface area (Å²) in [5.41, 5.74) is 0.693. The molecule has 102 valence electrons. The van der Waals surface area contributed by atoms with E-state index in [4.69, 9.17) is 0 Å². The van der Waals surface area contributed by atoms with Crippen LogP contribution in [0.4, 0.5) is 5.82 Å². The predicted molar refractivity (Wildman–Crippen MR) is 73.0 cm³/mol. The molecule has 1 aliphatic rings. The van der Waals surface area contributed by atoms with Gasteiger partial charge in [0, 0.05) is 13.1 Å². The molecular formula is C13H20N6. The molecule has 0 bridgehead atoms. The van der Waals surface area contributed by atoms with Crippen LogP contribution in [0.5, 0.6) is 0 Å². The number of tetrazole rings is 1. The predicted octanol–water partition coefficient (Wildman–Crippen LogP) is 1.78. The van der Waals surface area contributed by atoms with Crippen LogP contribution in [0.25, 0.3) is 5.65 Å². The molecule has 0 radical (unpaired) electrons. The summed E-state index contributed by atoms with van der Waals surface area (Å²) in [5, 5.41) is 15.8. The van der Waals surface area contributed by atoms with Crippen molar-refractivity contribution in [2.75, 3.05) is 18.0 Å². The van der Waals surface area contributed by atoms with Crippen LogP contribution in [0.2, 0.25) is 0 Å². The number of hydrogen-bond acceptors (Lipinski definition) is 5. The minimum absolute atomic E-state index is 0.693. The fourth-order valence-corrected chi connectivity index (χ4v) is 2.87. The standard InChI is InChI=1S/C13H20N6/c1-10(2)9-11-5-7-18(8-6-11)13-4-3-12-14-16-17-19(12)15-13/h3-4,10-11H,5-9H2,1-2H3. The first-order valence-electron chi connectivity index (χ1n) is 7.03. The monoisotopic (exact) mass is 260 g/mol. The van der Waals surface area contributed by atoms with Gasteiger partial charge in [-0.1, -0.05) is 13.8 Å². The number of anilines is 1. The van der Waals surface area contributed by atoms with Gasteiger partial charge in [-0.25, -0.2) is 0 Å². The van der Waals surface area contributed by atoms with Crippen LogP contribution in [0, 0.1) is 11.8 Å². The van der Waals surface area contributed by atoms with Crippen molar-refractivity contribution in [3.05, 3.63) is 12.1 Å². The van der Waals surface area contributed by atoms with E-state index in [1.165, 1.54) is 23.9 Å². The smallest absolute Gasteiger partial charge is 0.200 e. The van der Waals surface area contributed by atoms with Crippen LogP contribution in [0.15, 0.2) is 12.1 Å². The first kappa shape index (κ1) is 12.3. The third kappa shape index (κ3) is 2.67. The van der Waals surface area contributed by atoms with Gasteiger partial charge in [0.1, 0.15) is 0 Å². The quantitative estimate of drug-likeness (QED) is 0.842. The van der Waals surface area contributed by atoms with E-state index in [-0.39, 0.29) is 0 Å². The molecular weight excluding hydrogens is 240 g/mol. The number of piperidine rings is 1. The summed E-state index contributed by atoms with van der Waals surface area (Å²) < 4.78 is 1.50. The van der Waals surface area contributed by atoms with Gasteiger partial charge in [0.15, 0.2) is 11.5 Å². The Morgan fingerprint density at radius 1 is 1.26 bits per heavy atom. The summed E-state index contributed by atoms with van der Waals surface area (Å²) in [5.74, 6) is 2.64. The Labute approximate surface area is 112 Å². The van der Waals surface area contributed by atoms with Gasteiger partial charge in [-0.05, 0) is 53.7 Å². The lowest BCUT2D eigenvalue weighted by Gasteiger charge is -2.33. The highest BCUT2D eigenvalue weighted by atomic mass is 15.6. The van der Waals surface area contributed by atoms with Gasteiger partial charge in [0.25, 0.3) is 0 Å². The summed E-state index contributed by atoms with van der Waals surface area (Å²) in [4.78, 5) is 2.33. The van der Waals surface area contributed by atoms with E-state index < -0.39 is 0 Å². The zero-order valence-electron chi connectivity index (χ0n) is 11.5. The molecule has 0 spiro atoms. The highest BCUT2D eigenvalue weighted by Gasteiger charge is 2.21. The van der Waals surface area contributed by atoms with Gasteiger partial charge in [-0.2, -0.15) is 0 Å². The molecule has 1 saturated heterocycles. The molecule has 0 N–H and O–H groups in total. The number of hydrogen-bond donors (Lipinski definition) is 0. The molecule has 6 nitrogen and oxygen atoms in total. The SMILES string of the molecule is CC(C)CC1CCN(c2ccc3nnnn3n2)CC1. The van der Waals surface area contributed by atoms with Crippen molar-refractivity contribution in [3.8, 4) is 0 Å². The second-order valence-corrected chi connectivity index (χ2v) is 5.78. The van der Waals surface area contributed by atoms with Gasteiger partial charge in [-0.3, -0.25) is 0 Å². The second kappa shape index (κ2) is 5.11. The third-order valence-electron chi connectivity index (χ3n) is 3.80. The average molecular weight is 260 g/mol. The Morgan fingerprint density at radius 3 is 2.79 bits per heavy atom. The van der Waals surface area contributed by atoms with Crippen LogP contribution in [-0.4, -0.2) is 38.3 Å². The molecule has 0 atom stereocenters. The number of nitrogens with zero attached hydrogens (tertiary/aromatic N) is 6. The van der Waals surface area contributed by atoms with Crippen LogP contribution < -0.4 is 4.90 Å². The molecule has 6 heteroatoms. The Kier molecular flexibility index (Phi) is 3.31. The number of aromatic nitrogens is 5. The van der Waals surface area contributed by atoms with Gasteiger partial charge in [0.2, 0.25) is 0 Å². The molecule has 1 aliphatic heterocycles. The maximum absolute atomic E-state index is 4.45. The lowest BCUT2D eigenvalue weighted by Crippen LogP contribution is -2.34. The zero-order chi connectivity index (χ0) is 13.2. The van der Waals surface area contributed by atoms with E-state index in [1.54, 1.807) is 0 Å². The van der Waals surface area contributed by atoms with Gasteiger partial charge >= 0.3 is 0 Å². The normalized spacial score (nSPS) is 17.5. The molecule has 3 rings (SSSR count). The Balaban J connectivity index is 1.67. The summed E-state index contributed by atoms with van der Waals surface area (Å²) >= 11 is 0. The van der Waals surface area contributed by atoms with Crippen molar-refractivity contribution >= 4 is 11.5 Å². The lowest BCUT2D eigenvalue weighted by atomic mass is 9.89. The highest BCUT2D eigenvalue weighted by molar-refractivity contribution is 5.44. The topological polar surface area (TPSA) is 59.2 Å². The fraction of sp³-hybridized carbons (Fsp3) is 0.692. The summed E-state index contributed by atoms with van der Waals surface area (Å²) in [7, 11) is 0. The molecule has 2 aromatic heterocycles. The van der Waals surface area contributed by atoms with E-state index in [0.29, 0.717) is 5.65 Å². The third-order valence-corrected chi connectivity index (χ3v) is 3.80. The molecule has 0 aromatic carbocycles. The van der Waals surface area contributed by atoms with E-state index in [0.717, 1.165) is 30.7 Å². The average Bonchev–Trinajstić information content (AvgIpc) is 2.86. The Bertz CT molecular complexity index is 541. The van der Waals surface area contributed by atoms with E-state index in [1.807, 2.05) is 12.1 Å². The van der Waals surface area contributed by atoms with Crippen molar-refractivity contribution in [1.82, 2.24) is 25.3 Å². The molecule has 2 aromatic rings. The van der Waals surface area contributed by atoms with Crippen molar-refractivity contribution in [3.63, 3.8) is 0 Å². The lowest BCUT2D eigenvalue weighted by molar-refractivity contribution is 0.337. The maximum atomic E-state index is 4.45. The van der Waals surface area contributed by atoms with Gasteiger partial charge < -0.3 is 4.90 Å². The van der Waals surface area contributed by atoms with Crippen molar-refractivity contribution < 1.29 is 0 Å². The number of rotatable bonds is 3. The van der Waals surface area contributed by atoms with Crippen LogP contribution in [0.3, 0.4) is 0 Å². The molecule has 1 fully saturated rings. The minimum Gasteiger partial charge on any atom is -0.355 e. The summed E-state index contributed by atoms with van der Waals surface area (Å²) in [6.07, 6.45) is 3.86. The second-order valence-electron chi connectivity index (χ2n) is 5.78. The molecule has 0 unspecified atom stereocenters. The Morgan fingerprint density at radius 2 is 2.05 bits per heavy atom. The minimum atomic E-state index is 0.693. The molecule has 3 heterocycles. The zero-order valence-corrected chi connectivity index (χ0v) is 11.5. The van der Waals surface area contributed by atoms with Gasteiger partial charge in [-0.15, -0.1) is 14.8 Å². The highest BCUT2D eigenvalue weighted by Crippen LogP contribution is 2.26. The molecule has 0 aliphatic carbocycles. The van der Waals surface area contributed by atoms with E-state index in [2.05, 4.69) is 39.4 Å². The van der Waals surface area contributed by atoms with Crippen molar-refractivity contribution in [1.29, 1.82) is 0 Å². The van der Waals surface area contributed by atoms with Crippen LogP contribution in [-0.2, 0) is 0 Å². The molecule has 19 heavy (non-hydrogen) atoms. The largest absolute Gasteiger partial charge is 0.355 e. The van der Waals surface area contributed by atoms with Crippen LogP contribution in [0.1, 0.15) is 33.1 Å². The van der Waals surface area contributed by atoms with E-state index >= 15 is 0 Å². The summed E-state index contributed by atoms with van der Waals surface area (Å²) in [6.45, 7) is 6.77. The van der Waals surface area contributed by atoms with Crippen molar-refractivity contribution in [2.45, 2.75) is 33.1 Å². The first-order chi connectivity index (χ1) is 9.22. The van der Waals surface area contributed by atoms with Crippen LogP contribution >= 0.6 is 0 Å². The Hall–Kier alpha value is -1.72. The van der Waals surface area contributed by atoms with Crippen molar-refractivity contribution in [2.24, 2.45) is 11.8 Å². The number of fused-ring (bicyclic) bond motifs is 1. The fourth-order valence-electron chi connectivity index (χ4n) is 2.87. The first-order valence-corrected chi connectivity index (χ1v) is 7.03. The molecule has 0 saturated carbocycles.